The molecule has 0 spiro atoms. The molecule has 2 atom stereocenters. The Hall–Kier alpha value is -4.92. The smallest absolute Gasteiger partial charge is 0.471 e. The molecule has 0 bridgehead atoms. The third-order valence-electron chi connectivity index (χ3n) is 7.07. The highest BCUT2D eigenvalue weighted by molar-refractivity contribution is 5.81. The Kier molecular flexibility index (Phi) is 11.0. The van der Waals surface area contributed by atoms with Crippen molar-refractivity contribution in [2.45, 2.75) is 24.1 Å². The maximum absolute atomic E-state index is 13.1. The normalized spacial score (nSPS) is 13.1. The Morgan fingerprint density at radius 3 is 1.89 bits per heavy atom. The van der Waals surface area contributed by atoms with Gasteiger partial charge in [0.15, 0.2) is 6.23 Å². The van der Waals surface area contributed by atoms with E-state index in [9.17, 15) is 32.7 Å². The first-order chi connectivity index (χ1) is 22.0. The minimum atomic E-state index is -5.18. The van der Waals surface area contributed by atoms with Crippen molar-refractivity contribution in [1.82, 2.24) is 14.9 Å². The van der Waals surface area contributed by atoms with Crippen LogP contribution in [0.25, 0.3) is 0 Å². The van der Waals surface area contributed by atoms with Crippen molar-refractivity contribution < 1.29 is 42.0 Å². The van der Waals surface area contributed by atoms with Gasteiger partial charge >= 0.3 is 17.8 Å². The lowest BCUT2D eigenvalue weighted by Crippen LogP contribution is -2.46. The lowest BCUT2D eigenvalue weighted by atomic mass is 9.80. The van der Waals surface area contributed by atoms with Crippen LogP contribution >= 0.6 is 0 Å². The van der Waals surface area contributed by atoms with E-state index in [4.69, 9.17) is 18.9 Å². The summed E-state index contributed by atoms with van der Waals surface area (Å²) in [4.78, 5) is 37.8. The van der Waals surface area contributed by atoms with Crippen LogP contribution in [0.4, 0.5) is 13.2 Å². The summed E-state index contributed by atoms with van der Waals surface area (Å²) in [7, 11) is 3.03. The predicted molar refractivity (Wildman–Crippen MR) is 160 cm³/mol. The maximum Gasteiger partial charge on any atom is 0.471 e. The Bertz CT molecular complexity index is 1640. The van der Waals surface area contributed by atoms with Crippen molar-refractivity contribution in [2.75, 3.05) is 34.0 Å². The number of nitrogens with one attached hydrogen (secondary N) is 2. The van der Waals surface area contributed by atoms with Crippen LogP contribution < -0.4 is 26.0 Å². The fourth-order valence-electron chi connectivity index (χ4n) is 4.82. The molecule has 0 aliphatic rings. The van der Waals surface area contributed by atoms with Gasteiger partial charge < -0.3 is 29.4 Å². The molecule has 244 valence electrons. The molecule has 11 nitrogen and oxygen atoms in total. The summed E-state index contributed by atoms with van der Waals surface area (Å²) in [6.07, 6.45) is -6.94. The van der Waals surface area contributed by atoms with E-state index in [1.165, 1.54) is 14.2 Å². The Labute approximate surface area is 261 Å². The SMILES string of the molecule is COc1ccc(C(OC[C@H](CNC(=O)C(F)(F)F)O[C@H](CO)n2ccc(=O)[nH]c2=O)(c2ccccc2)c2ccc(OC)cc2)cc1. The van der Waals surface area contributed by atoms with Crippen LogP contribution in [0.1, 0.15) is 22.9 Å². The summed E-state index contributed by atoms with van der Waals surface area (Å²) in [5.74, 6) is -1.09. The van der Waals surface area contributed by atoms with Gasteiger partial charge in [0.1, 0.15) is 23.2 Å². The standard InChI is InChI=1S/C32H32F3N3O8/c1-43-24-12-8-22(9-13-24)31(21-6-4-3-5-7-21,23-10-14-25(44-2)15-11-23)45-20-26(18-36-29(41)32(33,34)35)46-28(19-39)38-17-16-27(40)37-30(38)42/h3-17,26,28,39H,18-20H2,1-2H3,(H,36,41)(H,37,40,42)/t26-,28+/m0/s1. The fraction of sp³-hybridized carbons (Fsp3) is 0.281. The highest BCUT2D eigenvalue weighted by Crippen LogP contribution is 2.42. The number of halogens is 3. The van der Waals surface area contributed by atoms with E-state index >= 15 is 0 Å². The molecule has 1 aromatic heterocycles. The molecule has 0 saturated carbocycles. The molecule has 0 radical (unpaired) electrons. The number of amides is 1. The molecule has 1 amide bonds. The third kappa shape index (κ3) is 7.83. The van der Waals surface area contributed by atoms with Gasteiger partial charge in [0.2, 0.25) is 0 Å². The van der Waals surface area contributed by atoms with Crippen molar-refractivity contribution in [3.05, 3.63) is 129 Å². The maximum atomic E-state index is 13.1. The summed E-state index contributed by atoms with van der Waals surface area (Å²) in [6, 6.07) is 24.0. The second-order valence-corrected chi connectivity index (χ2v) is 9.94. The van der Waals surface area contributed by atoms with Crippen LogP contribution in [0.5, 0.6) is 11.5 Å². The van der Waals surface area contributed by atoms with Gasteiger partial charge in [-0.25, -0.2) is 4.79 Å². The number of alkyl halides is 3. The van der Waals surface area contributed by atoms with E-state index in [0.29, 0.717) is 28.2 Å². The Morgan fingerprint density at radius 1 is 0.870 bits per heavy atom. The number of aromatic nitrogens is 2. The molecule has 3 aromatic carbocycles. The van der Waals surface area contributed by atoms with Crippen LogP contribution in [0, 0.1) is 0 Å². The zero-order valence-electron chi connectivity index (χ0n) is 24.8. The van der Waals surface area contributed by atoms with Gasteiger partial charge in [0.25, 0.3) is 5.56 Å². The number of ether oxygens (including phenoxy) is 4. The number of methoxy groups -OCH3 is 2. The Balaban J connectivity index is 1.81. The molecule has 0 saturated heterocycles. The molecule has 0 unspecified atom stereocenters. The van der Waals surface area contributed by atoms with E-state index in [2.05, 4.69) is 0 Å². The molecule has 3 N–H and O–H groups in total. The average molecular weight is 644 g/mol. The monoisotopic (exact) mass is 643 g/mol. The van der Waals surface area contributed by atoms with E-state index in [1.807, 2.05) is 23.2 Å². The lowest BCUT2D eigenvalue weighted by Gasteiger charge is -2.37. The fourth-order valence-corrected chi connectivity index (χ4v) is 4.82. The number of aromatic amines is 1. The van der Waals surface area contributed by atoms with Crippen molar-refractivity contribution in [3.63, 3.8) is 0 Å². The van der Waals surface area contributed by atoms with Crippen LogP contribution in [0.2, 0.25) is 0 Å². The van der Waals surface area contributed by atoms with Gasteiger partial charge in [-0.15, -0.1) is 0 Å². The number of hydrogen-bond acceptors (Lipinski definition) is 8. The number of benzene rings is 3. The van der Waals surface area contributed by atoms with Gasteiger partial charge in [-0.3, -0.25) is 19.1 Å². The number of carbonyl (C=O) groups excluding carboxylic acids is 1. The molecular weight excluding hydrogens is 611 g/mol. The quantitative estimate of drug-likeness (QED) is 0.178. The van der Waals surface area contributed by atoms with E-state index in [-0.39, 0.29) is 0 Å². The van der Waals surface area contributed by atoms with Crippen LogP contribution in [-0.4, -0.2) is 66.8 Å². The Morgan fingerprint density at radius 2 is 1.41 bits per heavy atom. The summed E-state index contributed by atoms with van der Waals surface area (Å²) in [5.41, 5.74) is -1.18. The highest BCUT2D eigenvalue weighted by Gasteiger charge is 2.41. The van der Waals surface area contributed by atoms with E-state index in [1.54, 1.807) is 66.0 Å². The largest absolute Gasteiger partial charge is 0.497 e. The zero-order chi connectivity index (χ0) is 33.3. The molecule has 0 aliphatic carbocycles. The van der Waals surface area contributed by atoms with Crippen LogP contribution in [-0.2, 0) is 19.9 Å². The number of aliphatic hydroxyl groups excluding tert-OH is 1. The van der Waals surface area contributed by atoms with Gasteiger partial charge in [0, 0.05) is 18.8 Å². The van der Waals surface area contributed by atoms with E-state index in [0.717, 1.165) is 16.8 Å². The predicted octanol–water partition coefficient (Wildman–Crippen LogP) is 3.12. The van der Waals surface area contributed by atoms with Crippen molar-refractivity contribution in [1.29, 1.82) is 0 Å². The van der Waals surface area contributed by atoms with Gasteiger partial charge in [-0.2, -0.15) is 13.2 Å². The molecule has 4 aromatic rings. The van der Waals surface area contributed by atoms with E-state index < -0.39 is 61.0 Å². The first kappa shape index (κ1) is 34.0. The minimum Gasteiger partial charge on any atom is -0.497 e. The number of nitrogens with zero attached hydrogens (tertiary/aromatic N) is 1. The number of carbonyl (C=O) groups is 1. The summed E-state index contributed by atoms with van der Waals surface area (Å²) >= 11 is 0. The van der Waals surface area contributed by atoms with Crippen molar-refractivity contribution in [2.24, 2.45) is 0 Å². The third-order valence-corrected chi connectivity index (χ3v) is 7.07. The average Bonchev–Trinajstić information content (AvgIpc) is 3.06. The molecule has 46 heavy (non-hydrogen) atoms. The minimum absolute atomic E-state index is 0.459. The summed E-state index contributed by atoms with van der Waals surface area (Å²) < 4.78 is 63.5. The number of hydrogen-bond donors (Lipinski definition) is 3. The van der Waals surface area contributed by atoms with Crippen LogP contribution in [0.3, 0.4) is 0 Å². The molecule has 0 aliphatic heterocycles. The number of rotatable bonds is 14. The van der Waals surface area contributed by atoms with Crippen molar-refractivity contribution >= 4 is 5.91 Å². The number of H-pyrrole nitrogens is 1. The van der Waals surface area contributed by atoms with Crippen LogP contribution in [0.15, 0.2) is 101 Å². The summed E-state index contributed by atoms with van der Waals surface area (Å²) in [5, 5.41) is 11.9. The topological polar surface area (TPSA) is 141 Å². The van der Waals surface area contributed by atoms with Gasteiger partial charge in [-0.05, 0) is 41.0 Å². The molecular formula is C32H32F3N3O8. The second kappa shape index (κ2) is 14.9. The first-order valence-corrected chi connectivity index (χ1v) is 13.9. The summed E-state index contributed by atoms with van der Waals surface area (Å²) in [6.45, 7) is -1.99. The van der Waals surface area contributed by atoms with Gasteiger partial charge in [-0.1, -0.05) is 54.6 Å². The lowest BCUT2D eigenvalue weighted by molar-refractivity contribution is -0.175. The molecule has 14 heteroatoms. The number of aliphatic hydroxyl groups is 1. The molecule has 1 heterocycles. The zero-order valence-corrected chi connectivity index (χ0v) is 24.8. The van der Waals surface area contributed by atoms with Crippen molar-refractivity contribution in [3.8, 4) is 11.5 Å². The first-order valence-electron chi connectivity index (χ1n) is 13.9. The molecule has 0 fully saturated rings. The second-order valence-electron chi connectivity index (χ2n) is 9.94. The van der Waals surface area contributed by atoms with Gasteiger partial charge in [0.05, 0.1) is 27.4 Å². The molecule has 4 rings (SSSR count). The highest BCUT2D eigenvalue weighted by atomic mass is 19.4.